The van der Waals surface area contributed by atoms with Crippen LogP contribution in [-0.2, 0) is 16.0 Å². The van der Waals surface area contributed by atoms with Gasteiger partial charge in [-0.25, -0.2) is 0 Å². The average molecular weight is 395 g/mol. The molecule has 0 aliphatic carbocycles. The molecule has 0 radical (unpaired) electrons. The van der Waals surface area contributed by atoms with E-state index in [-0.39, 0.29) is 0 Å². The first-order valence-electron chi connectivity index (χ1n) is 11.1. The highest BCUT2D eigenvalue weighted by atomic mass is 16.5. The van der Waals surface area contributed by atoms with E-state index in [0.29, 0.717) is 6.04 Å². The molecule has 4 rings (SSSR count). The van der Waals surface area contributed by atoms with Crippen LogP contribution in [0.1, 0.15) is 30.9 Å². The lowest BCUT2D eigenvalue weighted by Gasteiger charge is -2.36. The maximum absolute atomic E-state index is 5.58. The molecule has 0 atom stereocenters. The minimum absolute atomic E-state index is 0.582. The summed E-state index contributed by atoms with van der Waals surface area (Å²) in [5, 5.41) is 0. The van der Waals surface area contributed by atoms with Crippen molar-refractivity contribution in [2.45, 2.75) is 39.3 Å². The third-order valence-electron chi connectivity index (χ3n) is 6.29. The van der Waals surface area contributed by atoms with Crippen LogP contribution in [0.2, 0.25) is 0 Å². The third kappa shape index (κ3) is 5.00. The summed E-state index contributed by atoms with van der Waals surface area (Å²) in [5.74, 6) is 0. The van der Waals surface area contributed by atoms with Crippen LogP contribution in [-0.4, -0.2) is 57.0 Å². The zero-order chi connectivity index (χ0) is 20.1. The molecule has 0 spiro atoms. The van der Waals surface area contributed by atoms with Crippen LogP contribution >= 0.6 is 0 Å². The number of rotatable bonds is 6. The summed E-state index contributed by atoms with van der Waals surface area (Å²) in [6.45, 7) is 12.1. The fourth-order valence-electron chi connectivity index (χ4n) is 4.54. The summed E-state index contributed by atoms with van der Waals surface area (Å²) in [5.41, 5.74) is 6.69. The summed E-state index contributed by atoms with van der Waals surface area (Å²) in [7, 11) is 0. The maximum atomic E-state index is 5.58. The zero-order valence-electron chi connectivity index (χ0n) is 17.9. The van der Waals surface area contributed by atoms with Crippen LogP contribution in [0, 0.1) is 6.92 Å². The van der Waals surface area contributed by atoms with Gasteiger partial charge in [-0.1, -0.05) is 36.4 Å². The third-order valence-corrected chi connectivity index (χ3v) is 6.29. The molecule has 0 N–H and O–H groups in total. The van der Waals surface area contributed by atoms with Gasteiger partial charge in [0.2, 0.25) is 0 Å². The zero-order valence-corrected chi connectivity index (χ0v) is 17.9. The fourth-order valence-corrected chi connectivity index (χ4v) is 4.54. The Kier molecular flexibility index (Phi) is 6.86. The molecule has 2 heterocycles. The summed E-state index contributed by atoms with van der Waals surface area (Å²) < 4.78 is 11.0. The van der Waals surface area contributed by atoms with E-state index in [1.807, 2.05) is 0 Å². The van der Waals surface area contributed by atoms with Crippen LogP contribution in [0.15, 0.2) is 42.5 Å². The number of hydrogen-bond acceptors (Lipinski definition) is 4. The van der Waals surface area contributed by atoms with E-state index < -0.39 is 0 Å². The molecule has 0 amide bonds. The number of aryl methyl sites for hydroxylation is 1. The highest BCUT2D eigenvalue weighted by Crippen LogP contribution is 2.31. The van der Waals surface area contributed by atoms with E-state index in [4.69, 9.17) is 9.47 Å². The first-order valence-corrected chi connectivity index (χ1v) is 11.1. The monoisotopic (exact) mass is 394 g/mol. The average Bonchev–Trinajstić information content (AvgIpc) is 2.78. The molecule has 4 nitrogen and oxygen atoms in total. The molecule has 2 aliphatic rings. The van der Waals surface area contributed by atoms with Gasteiger partial charge in [0, 0.05) is 51.1 Å². The van der Waals surface area contributed by atoms with Crippen LogP contribution < -0.4 is 4.90 Å². The standard InChI is InChI=1S/C25H34N2O2/c1-3-27(24-10-14-28-15-11-24)25-18-23(7-4-20(25)2)22-8-5-21(6-9-22)19-26-12-16-29-17-13-26/h4-9,18,24H,3,10-17,19H2,1-2H3. The number of hydrogen-bond donors (Lipinski definition) is 0. The molecule has 2 aromatic carbocycles. The highest BCUT2D eigenvalue weighted by Gasteiger charge is 2.22. The first-order chi connectivity index (χ1) is 14.2. The fraction of sp³-hybridized carbons (Fsp3) is 0.520. The Morgan fingerprint density at radius 3 is 2.24 bits per heavy atom. The lowest BCUT2D eigenvalue weighted by Crippen LogP contribution is -2.39. The van der Waals surface area contributed by atoms with Gasteiger partial charge >= 0.3 is 0 Å². The molecule has 0 aromatic heterocycles. The van der Waals surface area contributed by atoms with Crippen molar-refractivity contribution in [3.05, 3.63) is 53.6 Å². The van der Waals surface area contributed by atoms with Gasteiger partial charge in [-0.2, -0.15) is 0 Å². The van der Waals surface area contributed by atoms with Crippen LogP contribution in [0.5, 0.6) is 0 Å². The predicted molar refractivity (Wildman–Crippen MR) is 120 cm³/mol. The van der Waals surface area contributed by atoms with E-state index in [9.17, 15) is 0 Å². The Balaban J connectivity index is 1.51. The van der Waals surface area contributed by atoms with Gasteiger partial charge in [-0.05, 0) is 55.0 Å². The van der Waals surface area contributed by atoms with Crippen LogP contribution in [0.25, 0.3) is 11.1 Å². The van der Waals surface area contributed by atoms with Gasteiger partial charge in [0.1, 0.15) is 0 Å². The largest absolute Gasteiger partial charge is 0.381 e. The summed E-state index contributed by atoms with van der Waals surface area (Å²) >= 11 is 0. The Hall–Kier alpha value is -1.88. The summed E-state index contributed by atoms with van der Waals surface area (Å²) in [6, 6.07) is 16.6. The Morgan fingerprint density at radius 2 is 1.55 bits per heavy atom. The Bertz CT molecular complexity index is 778. The maximum Gasteiger partial charge on any atom is 0.0594 e. The molecule has 0 unspecified atom stereocenters. The van der Waals surface area contributed by atoms with Crippen molar-refractivity contribution < 1.29 is 9.47 Å². The molecule has 0 saturated carbocycles. The minimum Gasteiger partial charge on any atom is -0.381 e. The van der Waals surface area contributed by atoms with Crippen molar-refractivity contribution in [1.29, 1.82) is 0 Å². The molecule has 2 aliphatic heterocycles. The van der Waals surface area contributed by atoms with E-state index >= 15 is 0 Å². The van der Waals surface area contributed by atoms with Crippen molar-refractivity contribution in [2.75, 3.05) is 51.0 Å². The van der Waals surface area contributed by atoms with Gasteiger partial charge in [-0.3, -0.25) is 4.90 Å². The quantitative estimate of drug-likeness (QED) is 0.720. The topological polar surface area (TPSA) is 24.9 Å². The molecule has 0 bridgehead atoms. The Labute approximate surface area is 175 Å². The van der Waals surface area contributed by atoms with Crippen molar-refractivity contribution >= 4 is 5.69 Å². The first kappa shape index (κ1) is 20.4. The Morgan fingerprint density at radius 1 is 0.897 bits per heavy atom. The van der Waals surface area contributed by atoms with Gasteiger partial charge in [-0.15, -0.1) is 0 Å². The molecule has 4 heteroatoms. The molecular weight excluding hydrogens is 360 g/mol. The number of nitrogens with zero attached hydrogens (tertiary/aromatic N) is 2. The predicted octanol–water partition coefficient (Wildman–Crippen LogP) is 4.50. The van der Waals surface area contributed by atoms with E-state index in [1.165, 1.54) is 27.9 Å². The smallest absolute Gasteiger partial charge is 0.0594 e. The summed E-state index contributed by atoms with van der Waals surface area (Å²) in [6.07, 6.45) is 2.24. The number of ether oxygens (including phenoxy) is 2. The second-order valence-electron chi connectivity index (χ2n) is 8.22. The van der Waals surface area contributed by atoms with Gasteiger partial charge < -0.3 is 14.4 Å². The second-order valence-corrected chi connectivity index (χ2v) is 8.22. The van der Waals surface area contributed by atoms with E-state index in [0.717, 1.165) is 65.4 Å². The van der Waals surface area contributed by atoms with Crippen LogP contribution in [0.4, 0.5) is 5.69 Å². The molecule has 2 saturated heterocycles. The van der Waals surface area contributed by atoms with Crippen molar-refractivity contribution in [2.24, 2.45) is 0 Å². The van der Waals surface area contributed by atoms with Crippen LogP contribution in [0.3, 0.4) is 0 Å². The molecule has 156 valence electrons. The van der Waals surface area contributed by atoms with E-state index in [2.05, 4.69) is 66.1 Å². The molecule has 2 aromatic rings. The molecular formula is C25H34N2O2. The van der Waals surface area contributed by atoms with Gasteiger partial charge in [0.05, 0.1) is 13.2 Å². The van der Waals surface area contributed by atoms with Crippen molar-refractivity contribution in [3.8, 4) is 11.1 Å². The van der Waals surface area contributed by atoms with Crippen molar-refractivity contribution in [1.82, 2.24) is 4.90 Å². The lowest BCUT2D eigenvalue weighted by atomic mass is 9.99. The highest BCUT2D eigenvalue weighted by molar-refractivity contribution is 5.71. The van der Waals surface area contributed by atoms with Gasteiger partial charge in [0.25, 0.3) is 0 Å². The molecule has 29 heavy (non-hydrogen) atoms. The van der Waals surface area contributed by atoms with E-state index in [1.54, 1.807) is 0 Å². The lowest BCUT2D eigenvalue weighted by molar-refractivity contribution is 0.0342. The molecule has 2 fully saturated rings. The second kappa shape index (κ2) is 9.75. The SMILES string of the molecule is CCN(c1cc(-c2ccc(CN3CCOCC3)cc2)ccc1C)C1CCOCC1. The van der Waals surface area contributed by atoms with Crippen molar-refractivity contribution in [3.63, 3.8) is 0 Å². The number of anilines is 1. The minimum atomic E-state index is 0.582. The van der Waals surface area contributed by atoms with Gasteiger partial charge in [0.15, 0.2) is 0 Å². The summed E-state index contributed by atoms with van der Waals surface area (Å²) in [4.78, 5) is 5.05. The number of morpholine rings is 1. The normalized spacial score (nSPS) is 18.7. The number of benzene rings is 2.